The van der Waals surface area contributed by atoms with Gasteiger partial charge in [0.1, 0.15) is 0 Å². The van der Waals surface area contributed by atoms with Crippen molar-refractivity contribution in [2.75, 3.05) is 11.5 Å². The molecule has 0 saturated heterocycles. The SMILES string of the molecule is Cn1c(=O)n(CCSSCCn2c(=O)c3ccccc3n(C)c2=O)c(=O)c2ccccc21. The minimum atomic E-state index is -0.342. The first-order chi connectivity index (χ1) is 15.4. The quantitative estimate of drug-likeness (QED) is 0.302. The van der Waals surface area contributed by atoms with Gasteiger partial charge in [-0.15, -0.1) is 0 Å². The summed E-state index contributed by atoms with van der Waals surface area (Å²) in [4.78, 5) is 50.5. The second-order valence-corrected chi connectivity index (χ2v) is 9.98. The monoisotopic (exact) mass is 470 g/mol. The fourth-order valence-electron chi connectivity index (χ4n) is 3.70. The maximum atomic E-state index is 12.7. The molecule has 8 nitrogen and oxygen atoms in total. The minimum Gasteiger partial charge on any atom is -0.296 e. The summed E-state index contributed by atoms with van der Waals surface area (Å²) in [7, 11) is 6.31. The summed E-state index contributed by atoms with van der Waals surface area (Å²) >= 11 is 0. The molecule has 0 spiro atoms. The molecule has 0 saturated carbocycles. The molecule has 0 bridgehead atoms. The molecule has 166 valence electrons. The van der Waals surface area contributed by atoms with Crippen molar-refractivity contribution in [3.63, 3.8) is 0 Å². The lowest BCUT2D eigenvalue weighted by Crippen LogP contribution is -2.39. The van der Waals surface area contributed by atoms with E-state index in [-0.39, 0.29) is 35.6 Å². The van der Waals surface area contributed by atoms with Gasteiger partial charge in [-0.25, -0.2) is 9.59 Å². The Bertz CT molecular complexity index is 1430. The number of aromatic nitrogens is 4. The van der Waals surface area contributed by atoms with Gasteiger partial charge in [0.25, 0.3) is 11.1 Å². The van der Waals surface area contributed by atoms with Crippen LogP contribution in [0, 0.1) is 0 Å². The lowest BCUT2D eigenvalue weighted by molar-refractivity contribution is 0.645. The maximum absolute atomic E-state index is 12.7. The Kier molecular flexibility index (Phi) is 6.43. The summed E-state index contributed by atoms with van der Waals surface area (Å²) in [6, 6.07) is 14.1. The van der Waals surface area contributed by atoms with Crippen molar-refractivity contribution in [3.8, 4) is 0 Å². The molecule has 0 atom stereocenters. The Labute approximate surface area is 190 Å². The van der Waals surface area contributed by atoms with Crippen molar-refractivity contribution in [1.82, 2.24) is 18.3 Å². The lowest BCUT2D eigenvalue weighted by Gasteiger charge is -2.11. The summed E-state index contributed by atoms with van der Waals surface area (Å²) in [5.41, 5.74) is -0.0385. The van der Waals surface area contributed by atoms with E-state index >= 15 is 0 Å². The van der Waals surface area contributed by atoms with Crippen LogP contribution >= 0.6 is 21.6 Å². The van der Waals surface area contributed by atoms with Crippen LogP contribution in [0.4, 0.5) is 0 Å². The van der Waals surface area contributed by atoms with E-state index in [1.807, 2.05) is 0 Å². The normalized spacial score (nSPS) is 11.4. The topological polar surface area (TPSA) is 88.0 Å². The van der Waals surface area contributed by atoms with Crippen molar-refractivity contribution in [2.24, 2.45) is 14.1 Å². The van der Waals surface area contributed by atoms with Crippen LogP contribution in [0.2, 0.25) is 0 Å². The van der Waals surface area contributed by atoms with Gasteiger partial charge in [-0.05, 0) is 24.3 Å². The third-order valence-electron chi connectivity index (χ3n) is 5.40. The third kappa shape index (κ3) is 3.95. The van der Waals surface area contributed by atoms with Gasteiger partial charge in [-0.3, -0.25) is 27.9 Å². The van der Waals surface area contributed by atoms with Crippen molar-refractivity contribution < 1.29 is 0 Å². The third-order valence-corrected chi connectivity index (χ3v) is 7.76. The highest BCUT2D eigenvalue weighted by Crippen LogP contribution is 2.21. The zero-order valence-electron chi connectivity index (χ0n) is 17.7. The van der Waals surface area contributed by atoms with E-state index in [4.69, 9.17) is 0 Å². The molecule has 0 aliphatic heterocycles. The van der Waals surface area contributed by atoms with Crippen molar-refractivity contribution in [2.45, 2.75) is 13.1 Å². The molecule has 10 heteroatoms. The molecule has 0 aliphatic carbocycles. The van der Waals surface area contributed by atoms with Gasteiger partial charge in [0.05, 0.1) is 21.8 Å². The predicted molar refractivity (Wildman–Crippen MR) is 132 cm³/mol. The molecular formula is C22H22N4O4S2. The molecule has 4 aromatic rings. The van der Waals surface area contributed by atoms with Crippen molar-refractivity contribution in [1.29, 1.82) is 0 Å². The molecule has 0 aliphatic rings. The summed E-state index contributed by atoms with van der Waals surface area (Å²) in [6.07, 6.45) is 0. The van der Waals surface area contributed by atoms with Crippen LogP contribution in [-0.2, 0) is 27.2 Å². The van der Waals surface area contributed by atoms with Crippen LogP contribution < -0.4 is 22.5 Å². The van der Waals surface area contributed by atoms with Crippen LogP contribution in [0.15, 0.2) is 67.7 Å². The minimum absolute atomic E-state index is 0.283. The Morgan fingerprint density at radius 2 is 1.00 bits per heavy atom. The average Bonchev–Trinajstić information content (AvgIpc) is 2.82. The van der Waals surface area contributed by atoms with E-state index in [1.54, 1.807) is 62.6 Å². The van der Waals surface area contributed by atoms with Crippen molar-refractivity contribution in [3.05, 3.63) is 90.2 Å². The number of nitrogens with zero attached hydrogens (tertiary/aromatic N) is 4. The predicted octanol–water partition coefficient (Wildman–Crippen LogP) is 1.80. The number of rotatable bonds is 7. The summed E-state index contributed by atoms with van der Waals surface area (Å²) in [5.74, 6) is 1.09. The van der Waals surface area contributed by atoms with E-state index in [9.17, 15) is 19.2 Å². The number of benzene rings is 2. The first kappa shape index (κ1) is 22.2. The number of para-hydroxylation sites is 2. The van der Waals surface area contributed by atoms with Crippen LogP contribution in [0.1, 0.15) is 0 Å². The summed E-state index contributed by atoms with van der Waals surface area (Å²) in [5, 5.41) is 1.03. The lowest BCUT2D eigenvalue weighted by atomic mass is 10.2. The number of hydrogen-bond acceptors (Lipinski definition) is 6. The molecule has 2 heterocycles. The highest BCUT2D eigenvalue weighted by Gasteiger charge is 2.12. The largest absolute Gasteiger partial charge is 0.331 e. The maximum Gasteiger partial charge on any atom is 0.331 e. The van der Waals surface area contributed by atoms with Crippen LogP contribution in [0.3, 0.4) is 0 Å². The van der Waals surface area contributed by atoms with Crippen molar-refractivity contribution >= 4 is 43.4 Å². The smallest absolute Gasteiger partial charge is 0.296 e. The molecule has 0 amide bonds. The van der Waals surface area contributed by atoms with E-state index in [0.717, 1.165) is 0 Å². The highest BCUT2D eigenvalue weighted by atomic mass is 33.1. The molecule has 0 fully saturated rings. The van der Waals surface area contributed by atoms with Gasteiger partial charge < -0.3 is 0 Å². The molecule has 0 N–H and O–H groups in total. The Balaban J connectivity index is 1.41. The Hall–Kier alpha value is -2.98. The second-order valence-electron chi connectivity index (χ2n) is 7.28. The first-order valence-electron chi connectivity index (χ1n) is 10.0. The number of fused-ring (bicyclic) bond motifs is 2. The molecular weight excluding hydrogens is 448 g/mol. The second kappa shape index (κ2) is 9.25. The molecule has 32 heavy (non-hydrogen) atoms. The standard InChI is InChI=1S/C22H22N4O4S2/c1-23-17-9-5-3-7-15(17)19(27)25(21(23)29)11-13-31-32-14-12-26-20(28)16-8-4-6-10-18(16)24(2)22(26)30/h3-10H,11-14H2,1-2H3. The summed E-state index contributed by atoms with van der Waals surface area (Å²) < 4.78 is 5.46. The number of hydrogen-bond donors (Lipinski definition) is 0. The highest BCUT2D eigenvalue weighted by molar-refractivity contribution is 8.76. The molecule has 4 rings (SSSR count). The van der Waals surface area contributed by atoms with E-state index in [2.05, 4.69) is 0 Å². The average molecular weight is 471 g/mol. The zero-order valence-corrected chi connectivity index (χ0v) is 19.3. The van der Waals surface area contributed by atoms with Crippen LogP contribution in [0.25, 0.3) is 21.8 Å². The van der Waals surface area contributed by atoms with Gasteiger partial charge in [0, 0.05) is 38.7 Å². The molecule has 0 unspecified atom stereocenters. The first-order valence-corrected chi connectivity index (χ1v) is 12.5. The van der Waals surface area contributed by atoms with E-state index < -0.39 is 0 Å². The molecule has 2 aromatic carbocycles. The Morgan fingerprint density at radius 1 is 0.625 bits per heavy atom. The van der Waals surface area contributed by atoms with Gasteiger partial charge in [0.2, 0.25) is 0 Å². The number of aryl methyl sites for hydroxylation is 2. The van der Waals surface area contributed by atoms with E-state index in [0.29, 0.717) is 33.3 Å². The zero-order chi connectivity index (χ0) is 22.8. The summed E-state index contributed by atoms with van der Waals surface area (Å²) in [6.45, 7) is 0.567. The van der Waals surface area contributed by atoms with Gasteiger partial charge in [0.15, 0.2) is 0 Å². The molecule has 2 aromatic heterocycles. The fourth-order valence-corrected chi connectivity index (χ4v) is 5.60. The van der Waals surface area contributed by atoms with Gasteiger partial charge in [-0.2, -0.15) is 0 Å². The fraction of sp³-hybridized carbons (Fsp3) is 0.273. The Morgan fingerprint density at radius 3 is 1.41 bits per heavy atom. The van der Waals surface area contributed by atoms with Crippen LogP contribution in [-0.4, -0.2) is 29.8 Å². The molecule has 0 radical (unpaired) electrons. The van der Waals surface area contributed by atoms with Gasteiger partial charge >= 0.3 is 11.4 Å². The van der Waals surface area contributed by atoms with E-state index in [1.165, 1.54) is 39.9 Å². The van der Waals surface area contributed by atoms with Gasteiger partial charge in [-0.1, -0.05) is 45.9 Å². The van der Waals surface area contributed by atoms with Crippen LogP contribution in [0.5, 0.6) is 0 Å².